The first-order valence-electron chi connectivity index (χ1n) is 9.27. The van der Waals surface area contributed by atoms with Crippen LogP contribution in [0.15, 0.2) is 48.5 Å². The highest BCUT2D eigenvalue weighted by Gasteiger charge is 2.21. The fourth-order valence-electron chi connectivity index (χ4n) is 3.20. The van der Waals surface area contributed by atoms with Crippen molar-refractivity contribution in [2.24, 2.45) is 0 Å². The topological polar surface area (TPSA) is 87.3 Å². The lowest BCUT2D eigenvalue weighted by molar-refractivity contribution is -0.136. The third kappa shape index (κ3) is 5.10. The average molecular weight is 400 g/mol. The van der Waals surface area contributed by atoms with E-state index in [-0.39, 0.29) is 18.5 Å². The molecule has 3 amide bonds. The molecule has 0 aliphatic heterocycles. The maximum atomic E-state index is 12.5. The molecule has 2 aromatic carbocycles. The minimum Gasteiger partial charge on any atom is -0.349 e. The molecule has 0 bridgehead atoms. The van der Waals surface area contributed by atoms with Gasteiger partial charge in [0.15, 0.2) is 0 Å². The molecular weight excluding hydrogens is 378 g/mol. The zero-order valence-corrected chi connectivity index (χ0v) is 16.1. The molecule has 7 heteroatoms. The number of carbonyl (C=O) groups is 3. The van der Waals surface area contributed by atoms with E-state index >= 15 is 0 Å². The van der Waals surface area contributed by atoms with Gasteiger partial charge in [-0.05, 0) is 36.6 Å². The van der Waals surface area contributed by atoms with Gasteiger partial charge in [-0.2, -0.15) is 0 Å². The molecule has 0 aromatic heterocycles. The number of carbonyl (C=O) groups excluding carboxylic acids is 3. The van der Waals surface area contributed by atoms with Crippen molar-refractivity contribution in [3.05, 3.63) is 64.7 Å². The molecule has 1 aliphatic carbocycles. The first-order chi connectivity index (χ1) is 13.5. The summed E-state index contributed by atoms with van der Waals surface area (Å²) < 4.78 is 0. The molecule has 1 saturated carbocycles. The number of nitrogens with one attached hydrogen (secondary N) is 3. The molecule has 1 fully saturated rings. The summed E-state index contributed by atoms with van der Waals surface area (Å²) in [6, 6.07) is 13.9. The highest BCUT2D eigenvalue weighted by atomic mass is 35.5. The monoisotopic (exact) mass is 399 g/mol. The Kier molecular flexibility index (Phi) is 6.66. The lowest BCUT2D eigenvalue weighted by Crippen LogP contribution is -2.36. The number of halogens is 1. The first kappa shape index (κ1) is 19.9. The van der Waals surface area contributed by atoms with E-state index in [1.165, 1.54) is 0 Å². The molecule has 1 aliphatic rings. The van der Waals surface area contributed by atoms with E-state index in [2.05, 4.69) is 16.0 Å². The minimum atomic E-state index is -0.840. The second-order valence-corrected chi connectivity index (χ2v) is 7.14. The number of benzene rings is 2. The molecule has 0 radical (unpaired) electrons. The lowest BCUT2D eigenvalue weighted by atomic mass is 10.1. The van der Waals surface area contributed by atoms with Gasteiger partial charge in [0.05, 0.1) is 11.3 Å². The highest BCUT2D eigenvalue weighted by Crippen LogP contribution is 2.20. The number of hydrogen-bond acceptors (Lipinski definition) is 3. The van der Waals surface area contributed by atoms with Gasteiger partial charge in [0.1, 0.15) is 0 Å². The van der Waals surface area contributed by atoms with Crippen LogP contribution in [0, 0.1) is 0 Å². The van der Waals surface area contributed by atoms with Gasteiger partial charge >= 0.3 is 11.8 Å². The zero-order valence-electron chi connectivity index (χ0n) is 15.3. The molecule has 3 N–H and O–H groups in total. The van der Waals surface area contributed by atoms with Gasteiger partial charge in [-0.1, -0.05) is 54.8 Å². The Morgan fingerprint density at radius 3 is 2.36 bits per heavy atom. The largest absolute Gasteiger partial charge is 0.349 e. The van der Waals surface area contributed by atoms with Crippen molar-refractivity contribution in [3.8, 4) is 0 Å². The molecule has 0 spiro atoms. The van der Waals surface area contributed by atoms with E-state index in [4.69, 9.17) is 11.6 Å². The number of amides is 3. The maximum absolute atomic E-state index is 12.5. The van der Waals surface area contributed by atoms with Gasteiger partial charge in [0.2, 0.25) is 0 Å². The maximum Gasteiger partial charge on any atom is 0.313 e. The second kappa shape index (κ2) is 9.37. The van der Waals surface area contributed by atoms with Gasteiger partial charge in [0.25, 0.3) is 5.91 Å². The van der Waals surface area contributed by atoms with E-state index in [0.29, 0.717) is 21.8 Å². The predicted molar refractivity (Wildman–Crippen MR) is 108 cm³/mol. The van der Waals surface area contributed by atoms with Crippen molar-refractivity contribution >= 4 is 35.0 Å². The van der Waals surface area contributed by atoms with Crippen molar-refractivity contribution in [3.63, 3.8) is 0 Å². The summed E-state index contributed by atoms with van der Waals surface area (Å²) in [5.74, 6) is -1.89. The summed E-state index contributed by atoms with van der Waals surface area (Å²) in [6.07, 6.45) is 4.14. The number of anilines is 1. The van der Waals surface area contributed by atoms with Crippen LogP contribution in [0.3, 0.4) is 0 Å². The van der Waals surface area contributed by atoms with E-state index in [1.807, 2.05) is 0 Å². The molecule has 0 saturated heterocycles. The smallest absolute Gasteiger partial charge is 0.313 e. The normalized spacial score (nSPS) is 13.8. The summed E-state index contributed by atoms with van der Waals surface area (Å²) >= 11 is 6.05. The van der Waals surface area contributed by atoms with Crippen molar-refractivity contribution in [2.45, 2.75) is 38.3 Å². The van der Waals surface area contributed by atoms with E-state index in [9.17, 15) is 14.4 Å². The third-order valence-corrected chi connectivity index (χ3v) is 5.08. The van der Waals surface area contributed by atoms with Gasteiger partial charge < -0.3 is 16.0 Å². The van der Waals surface area contributed by atoms with Crippen molar-refractivity contribution < 1.29 is 14.4 Å². The van der Waals surface area contributed by atoms with Crippen LogP contribution < -0.4 is 16.0 Å². The van der Waals surface area contributed by atoms with Crippen LogP contribution in [0.2, 0.25) is 5.02 Å². The van der Waals surface area contributed by atoms with Crippen LogP contribution in [-0.4, -0.2) is 23.8 Å². The molecule has 28 heavy (non-hydrogen) atoms. The molecular formula is C21H22ClN3O3. The van der Waals surface area contributed by atoms with Gasteiger partial charge in [-0.25, -0.2) is 0 Å². The summed E-state index contributed by atoms with van der Waals surface area (Å²) in [5.41, 5.74) is 1.35. The van der Waals surface area contributed by atoms with Crippen LogP contribution in [0.5, 0.6) is 0 Å². The summed E-state index contributed by atoms with van der Waals surface area (Å²) in [4.78, 5) is 36.9. The Balaban J connectivity index is 1.61. The number of hydrogen-bond donors (Lipinski definition) is 3. The summed E-state index contributed by atoms with van der Waals surface area (Å²) in [6.45, 7) is 0.135. The lowest BCUT2D eigenvalue weighted by Gasteiger charge is -2.15. The Morgan fingerprint density at radius 1 is 0.929 bits per heavy atom. The average Bonchev–Trinajstić information content (AvgIpc) is 3.20. The van der Waals surface area contributed by atoms with Crippen LogP contribution in [0.25, 0.3) is 0 Å². The molecule has 0 unspecified atom stereocenters. The van der Waals surface area contributed by atoms with Gasteiger partial charge in [-0.3, -0.25) is 14.4 Å². The third-order valence-electron chi connectivity index (χ3n) is 4.71. The van der Waals surface area contributed by atoms with Crippen molar-refractivity contribution in [1.29, 1.82) is 0 Å². The van der Waals surface area contributed by atoms with Crippen LogP contribution in [0.4, 0.5) is 5.69 Å². The van der Waals surface area contributed by atoms with Crippen molar-refractivity contribution in [2.75, 3.05) is 5.32 Å². The van der Waals surface area contributed by atoms with Gasteiger partial charge in [0, 0.05) is 17.6 Å². The Morgan fingerprint density at radius 2 is 1.61 bits per heavy atom. The molecule has 146 valence electrons. The number of rotatable bonds is 5. The fourth-order valence-corrected chi connectivity index (χ4v) is 3.40. The van der Waals surface area contributed by atoms with E-state index in [0.717, 1.165) is 25.7 Å². The first-order valence-corrected chi connectivity index (χ1v) is 9.65. The summed E-state index contributed by atoms with van der Waals surface area (Å²) in [7, 11) is 0. The minimum absolute atomic E-state index is 0.135. The van der Waals surface area contributed by atoms with E-state index < -0.39 is 11.8 Å². The molecule has 2 aromatic rings. The SMILES string of the molecule is O=C(NCc1ccccc1Cl)C(=O)Nc1ccccc1C(=O)NC1CCCC1. The van der Waals surface area contributed by atoms with Gasteiger partial charge in [-0.15, -0.1) is 0 Å². The van der Waals surface area contributed by atoms with E-state index in [1.54, 1.807) is 48.5 Å². The van der Waals surface area contributed by atoms with Crippen LogP contribution >= 0.6 is 11.6 Å². The quantitative estimate of drug-likeness (QED) is 0.674. The van der Waals surface area contributed by atoms with Crippen LogP contribution in [0.1, 0.15) is 41.6 Å². The Hall–Kier alpha value is -2.86. The molecule has 0 heterocycles. The predicted octanol–water partition coefficient (Wildman–Crippen LogP) is 3.27. The zero-order chi connectivity index (χ0) is 19.9. The molecule has 6 nitrogen and oxygen atoms in total. The Labute approximate surface area is 168 Å². The molecule has 0 atom stereocenters. The van der Waals surface area contributed by atoms with Crippen molar-refractivity contribution in [1.82, 2.24) is 10.6 Å². The standard InChI is InChI=1S/C21H22ClN3O3/c22-17-11-5-1-7-14(17)13-23-20(27)21(28)25-18-12-6-4-10-16(18)19(26)24-15-8-2-3-9-15/h1,4-7,10-12,15H,2-3,8-9,13H2,(H,23,27)(H,24,26)(H,25,28). The molecule has 3 rings (SSSR count). The Bertz CT molecular complexity index is 879. The highest BCUT2D eigenvalue weighted by molar-refractivity contribution is 6.40. The summed E-state index contributed by atoms with van der Waals surface area (Å²) in [5, 5.41) is 8.55. The fraction of sp³-hybridized carbons (Fsp3) is 0.286. The van der Waals surface area contributed by atoms with Crippen LogP contribution in [-0.2, 0) is 16.1 Å². The number of para-hydroxylation sites is 1. The second-order valence-electron chi connectivity index (χ2n) is 6.73.